The Kier molecular flexibility index (Phi) is 3.83. The molecule has 1 saturated heterocycles. The number of benzene rings is 1. The number of rotatable bonds is 3. The van der Waals surface area contributed by atoms with Crippen LogP contribution in [0.15, 0.2) is 24.3 Å². The van der Waals surface area contributed by atoms with Crippen LogP contribution in [0.2, 0.25) is 0 Å². The van der Waals surface area contributed by atoms with Gasteiger partial charge in [-0.25, -0.2) is 0 Å². The minimum atomic E-state index is -0.407. The van der Waals surface area contributed by atoms with Crippen molar-refractivity contribution in [2.24, 2.45) is 0 Å². The molecule has 1 aliphatic heterocycles. The van der Waals surface area contributed by atoms with Crippen LogP contribution in [-0.4, -0.2) is 30.0 Å². The van der Waals surface area contributed by atoms with E-state index in [9.17, 15) is 4.79 Å². The van der Waals surface area contributed by atoms with Crippen LogP contribution in [0.25, 0.3) is 0 Å². The van der Waals surface area contributed by atoms with Gasteiger partial charge in [-0.15, -0.1) is 0 Å². The first-order chi connectivity index (χ1) is 8.88. The molecule has 19 heavy (non-hydrogen) atoms. The largest absolute Gasteiger partial charge is 0.481 e. The molecular formula is C16H23NO2. The van der Waals surface area contributed by atoms with E-state index in [0.717, 1.165) is 25.3 Å². The average molecular weight is 261 g/mol. The fourth-order valence-corrected chi connectivity index (χ4v) is 2.08. The molecule has 0 aromatic heterocycles. The van der Waals surface area contributed by atoms with Crippen LogP contribution in [0.1, 0.15) is 39.7 Å². The maximum atomic E-state index is 12.0. The fraction of sp³-hybridized carbons (Fsp3) is 0.562. The highest BCUT2D eigenvalue weighted by Crippen LogP contribution is 2.26. The predicted molar refractivity (Wildman–Crippen MR) is 76.4 cm³/mol. The van der Waals surface area contributed by atoms with Crippen molar-refractivity contribution in [1.29, 1.82) is 0 Å². The molecule has 0 bridgehead atoms. The Morgan fingerprint density at radius 2 is 2.00 bits per heavy atom. The van der Waals surface area contributed by atoms with Crippen molar-refractivity contribution in [3.05, 3.63) is 29.8 Å². The Hall–Kier alpha value is -1.51. The molecule has 1 heterocycles. The van der Waals surface area contributed by atoms with Gasteiger partial charge in [-0.05, 0) is 36.5 Å². The summed E-state index contributed by atoms with van der Waals surface area (Å²) in [5.74, 6) is 0.862. The van der Waals surface area contributed by atoms with Gasteiger partial charge in [-0.2, -0.15) is 0 Å². The second kappa shape index (κ2) is 5.24. The van der Waals surface area contributed by atoms with Gasteiger partial charge in [0.15, 0.2) is 6.10 Å². The van der Waals surface area contributed by atoms with E-state index in [1.807, 2.05) is 30.0 Å². The molecule has 0 aliphatic carbocycles. The third kappa shape index (κ3) is 3.28. The van der Waals surface area contributed by atoms with E-state index in [2.05, 4.69) is 26.8 Å². The summed E-state index contributed by atoms with van der Waals surface area (Å²) >= 11 is 0. The summed E-state index contributed by atoms with van der Waals surface area (Å²) in [5.41, 5.74) is 1.30. The van der Waals surface area contributed by atoms with Gasteiger partial charge in [0.1, 0.15) is 5.75 Å². The molecule has 1 amide bonds. The number of hydrogen-bond donors (Lipinski definition) is 0. The van der Waals surface area contributed by atoms with E-state index in [0.29, 0.717) is 0 Å². The zero-order valence-electron chi connectivity index (χ0n) is 12.3. The summed E-state index contributed by atoms with van der Waals surface area (Å²) < 4.78 is 5.78. The lowest BCUT2D eigenvalue weighted by molar-refractivity contribution is -0.141. The van der Waals surface area contributed by atoms with Gasteiger partial charge in [0.2, 0.25) is 0 Å². The first-order valence-electron chi connectivity index (χ1n) is 6.94. The summed E-state index contributed by atoms with van der Waals surface area (Å²) in [7, 11) is 0. The van der Waals surface area contributed by atoms with E-state index in [1.165, 1.54) is 5.56 Å². The third-order valence-corrected chi connectivity index (χ3v) is 3.53. The Balaban J connectivity index is 2.04. The minimum Gasteiger partial charge on any atom is -0.481 e. The topological polar surface area (TPSA) is 29.5 Å². The van der Waals surface area contributed by atoms with E-state index in [1.54, 1.807) is 0 Å². The maximum Gasteiger partial charge on any atom is 0.263 e. The molecule has 104 valence electrons. The van der Waals surface area contributed by atoms with E-state index in [-0.39, 0.29) is 11.3 Å². The van der Waals surface area contributed by atoms with Crippen molar-refractivity contribution in [3.8, 4) is 5.75 Å². The first kappa shape index (κ1) is 13.9. The highest BCUT2D eigenvalue weighted by molar-refractivity contribution is 5.81. The standard InChI is InChI=1S/C16H23NO2/c1-12(15(18)17-9-6-10-17)19-14-8-5-7-13(11-14)16(2,3)4/h5,7-8,11-12H,6,9-10H2,1-4H3. The zero-order valence-corrected chi connectivity index (χ0v) is 12.3. The van der Waals surface area contributed by atoms with Gasteiger partial charge in [-0.3, -0.25) is 4.79 Å². The zero-order chi connectivity index (χ0) is 14.0. The van der Waals surface area contributed by atoms with E-state index in [4.69, 9.17) is 4.74 Å². The number of ether oxygens (including phenoxy) is 1. The molecule has 0 spiro atoms. The number of nitrogens with zero attached hydrogens (tertiary/aromatic N) is 1. The predicted octanol–water partition coefficient (Wildman–Crippen LogP) is 2.98. The Labute approximate surface area is 115 Å². The van der Waals surface area contributed by atoms with Gasteiger partial charge in [-0.1, -0.05) is 32.9 Å². The SMILES string of the molecule is CC(Oc1cccc(C(C)(C)C)c1)C(=O)N1CCC1. The molecule has 1 fully saturated rings. The van der Waals surface area contributed by atoms with E-state index < -0.39 is 6.10 Å². The first-order valence-corrected chi connectivity index (χ1v) is 6.94. The number of hydrogen-bond acceptors (Lipinski definition) is 2. The van der Waals surface area contributed by atoms with Gasteiger partial charge in [0, 0.05) is 13.1 Å². The number of amides is 1. The highest BCUT2D eigenvalue weighted by atomic mass is 16.5. The van der Waals surface area contributed by atoms with Crippen LogP contribution in [0.4, 0.5) is 0 Å². The summed E-state index contributed by atoms with van der Waals surface area (Å²) in [6, 6.07) is 8.01. The van der Waals surface area contributed by atoms with Gasteiger partial charge in [0.05, 0.1) is 0 Å². The lowest BCUT2D eigenvalue weighted by Gasteiger charge is -2.33. The molecule has 3 nitrogen and oxygen atoms in total. The normalized spacial score (nSPS) is 16.7. The van der Waals surface area contributed by atoms with Crippen molar-refractivity contribution in [1.82, 2.24) is 4.90 Å². The van der Waals surface area contributed by atoms with Crippen molar-refractivity contribution in [2.75, 3.05) is 13.1 Å². The molecule has 0 saturated carbocycles. The molecule has 1 unspecified atom stereocenters. The van der Waals surface area contributed by atoms with E-state index >= 15 is 0 Å². The molecular weight excluding hydrogens is 238 g/mol. The molecule has 2 rings (SSSR count). The van der Waals surface area contributed by atoms with Crippen LogP contribution in [0.3, 0.4) is 0 Å². The summed E-state index contributed by atoms with van der Waals surface area (Å²) in [6.45, 7) is 10.1. The quantitative estimate of drug-likeness (QED) is 0.837. The van der Waals surface area contributed by atoms with Gasteiger partial charge < -0.3 is 9.64 Å². The second-order valence-corrected chi connectivity index (χ2v) is 6.22. The maximum absolute atomic E-state index is 12.0. The molecule has 1 aromatic carbocycles. The molecule has 1 aliphatic rings. The van der Waals surface area contributed by atoms with Crippen LogP contribution in [0, 0.1) is 0 Å². The summed E-state index contributed by atoms with van der Waals surface area (Å²) in [6.07, 6.45) is 0.702. The van der Waals surface area contributed by atoms with Crippen molar-refractivity contribution in [2.45, 2.75) is 45.6 Å². The Morgan fingerprint density at radius 1 is 1.32 bits per heavy atom. The number of carbonyl (C=O) groups is 1. The van der Waals surface area contributed by atoms with Crippen molar-refractivity contribution >= 4 is 5.91 Å². The van der Waals surface area contributed by atoms with Gasteiger partial charge >= 0.3 is 0 Å². The smallest absolute Gasteiger partial charge is 0.263 e. The van der Waals surface area contributed by atoms with Crippen molar-refractivity contribution < 1.29 is 9.53 Å². The average Bonchev–Trinajstić information content (AvgIpc) is 2.25. The highest BCUT2D eigenvalue weighted by Gasteiger charge is 2.26. The van der Waals surface area contributed by atoms with Crippen LogP contribution >= 0.6 is 0 Å². The Bertz CT molecular complexity index is 458. The minimum absolute atomic E-state index is 0.0874. The molecule has 3 heteroatoms. The summed E-state index contributed by atoms with van der Waals surface area (Å²) in [4.78, 5) is 13.9. The third-order valence-electron chi connectivity index (χ3n) is 3.53. The van der Waals surface area contributed by atoms with Gasteiger partial charge in [0.25, 0.3) is 5.91 Å². The second-order valence-electron chi connectivity index (χ2n) is 6.22. The Morgan fingerprint density at radius 3 is 2.53 bits per heavy atom. The monoisotopic (exact) mass is 261 g/mol. The van der Waals surface area contributed by atoms with Crippen LogP contribution in [0.5, 0.6) is 5.75 Å². The fourth-order valence-electron chi connectivity index (χ4n) is 2.08. The molecule has 1 atom stereocenters. The lowest BCUT2D eigenvalue weighted by Crippen LogP contribution is -2.47. The molecule has 0 radical (unpaired) electrons. The number of likely N-dealkylation sites (tertiary alicyclic amines) is 1. The van der Waals surface area contributed by atoms with Crippen LogP contribution in [-0.2, 0) is 10.2 Å². The van der Waals surface area contributed by atoms with Crippen LogP contribution < -0.4 is 4.74 Å². The molecule has 0 N–H and O–H groups in total. The number of carbonyl (C=O) groups excluding carboxylic acids is 1. The summed E-state index contributed by atoms with van der Waals surface area (Å²) in [5, 5.41) is 0. The lowest BCUT2D eigenvalue weighted by atomic mass is 9.87. The van der Waals surface area contributed by atoms with Crippen molar-refractivity contribution in [3.63, 3.8) is 0 Å². The molecule has 1 aromatic rings.